The molecule has 20 heavy (non-hydrogen) atoms. The van der Waals surface area contributed by atoms with Crippen LogP contribution < -0.4 is 10.5 Å². The van der Waals surface area contributed by atoms with Crippen molar-refractivity contribution in [3.8, 4) is 0 Å². The van der Waals surface area contributed by atoms with Crippen LogP contribution in [0.1, 0.15) is 5.56 Å². The highest BCUT2D eigenvalue weighted by molar-refractivity contribution is 9.10. The van der Waals surface area contributed by atoms with Gasteiger partial charge in [0, 0.05) is 20.8 Å². The minimum absolute atomic E-state index is 0.0839. The highest BCUT2D eigenvalue weighted by atomic mass is 79.9. The maximum atomic E-state index is 12.2. The van der Waals surface area contributed by atoms with Crippen LogP contribution in [0.5, 0.6) is 0 Å². The summed E-state index contributed by atoms with van der Waals surface area (Å²) in [4.78, 5) is 4.10. The second kappa shape index (κ2) is 5.71. The number of nitrogens with zero attached hydrogens (tertiary/aromatic N) is 1. The summed E-state index contributed by atoms with van der Waals surface area (Å²) in [5.41, 5.74) is 6.93. The fraction of sp³-hybridized carbons (Fsp3) is 0.0833. The molecule has 1 heterocycles. The molecule has 106 valence electrons. The molecule has 0 atom stereocenters. The molecule has 5 nitrogen and oxygen atoms in total. The van der Waals surface area contributed by atoms with E-state index in [-0.39, 0.29) is 10.7 Å². The van der Waals surface area contributed by atoms with E-state index in [0.717, 1.165) is 10.0 Å². The van der Waals surface area contributed by atoms with E-state index in [0.29, 0.717) is 10.2 Å². The summed E-state index contributed by atoms with van der Waals surface area (Å²) >= 11 is 6.53. The number of aryl methyl sites for hydroxylation is 1. The molecule has 0 aliphatic heterocycles. The maximum absolute atomic E-state index is 12.2. The number of aromatic nitrogens is 1. The highest BCUT2D eigenvalue weighted by Gasteiger charge is 2.16. The van der Waals surface area contributed by atoms with Gasteiger partial charge in [-0.25, -0.2) is 13.4 Å². The van der Waals surface area contributed by atoms with E-state index < -0.39 is 10.0 Å². The van der Waals surface area contributed by atoms with Gasteiger partial charge in [0.15, 0.2) is 0 Å². The molecule has 0 aliphatic rings. The molecule has 8 heteroatoms. The number of nitrogens with two attached hydrogens (primary N) is 1. The number of hydrogen-bond acceptors (Lipinski definition) is 4. The number of sulfonamides is 1. The van der Waals surface area contributed by atoms with Crippen LogP contribution in [0.25, 0.3) is 0 Å². The second-order valence-corrected chi connectivity index (χ2v) is 7.50. The molecule has 0 spiro atoms. The Kier molecular flexibility index (Phi) is 4.36. The number of hydrogen-bond donors (Lipinski definition) is 2. The van der Waals surface area contributed by atoms with Crippen LogP contribution in [0, 0.1) is 6.92 Å². The van der Waals surface area contributed by atoms with Gasteiger partial charge in [0.25, 0.3) is 10.0 Å². The third-order valence-electron chi connectivity index (χ3n) is 2.56. The van der Waals surface area contributed by atoms with E-state index >= 15 is 0 Å². The van der Waals surface area contributed by atoms with Crippen LogP contribution in [0.15, 0.2) is 44.3 Å². The Morgan fingerprint density at radius 1 is 1.20 bits per heavy atom. The first-order chi connectivity index (χ1) is 9.29. The van der Waals surface area contributed by atoms with E-state index in [9.17, 15) is 8.42 Å². The zero-order valence-corrected chi connectivity index (χ0v) is 14.4. The summed E-state index contributed by atoms with van der Waals surface area (Å²) in [5.74, 6) is 0.257. The van der Waals surface area contributed by atoms with Gasteiger partial charge in [-0.05, 0) is 68.6 Å². The number of pyridine rings is 1. The Hall–Kier alpha value is -1.12. The van der Waals surface area contributed by atoms with Gasteiger partial charge in [0.05, 0.1) is 4.90 Å². The van der Waals surface area contributed by atoms with E-state index in [4.69, 9.17) is 5.73 Å². The van der Waals surface area contributed by atoms with Crippen LogP contribution in [-0.4, -0.2) is 13.4 Å². The van der Waals surface area contributed by atoms with Gasteiger partial charge >= 0.3 is 0 Å². The quantitative estimate of drug-likeness (QED) is 0.746. The van der Waals surface area contributed by atoms with Crippen molar-refractivity contribution in [3.05, 3.63) is 45.0 Å². The van der Waals surface area contributed by atoms with Crippen molar-refractivity contribution in [2.24, 2.45) is 0 Å². The molecule has 3 N–H and O–H groups in total. The van der Waals surface area contributed by atoms with Gasteiger partial charge in [-0.1, -0.05) is 0 Å². The first-order valence-electron chi connectivity index (χ1n) is 5.49. The molecule has 0 radical (unpaired) electrons. The molecule has 1 aromatic carbocycles. The van der Waals surface area contributed by atoms with E-state index in [2.05, 4.69) is 41.6 Å². The molecule has 0 aliphatic carbocycles. The zero-order chi connectivity index (χ0) is 14.9. The SMILES string of the molecule is Cc1cc(NS(=O)(=O)c2ccc(Br)c(N)c2)ncc1Br. The lowest BCUT2D eigenvalue weighted by Gasteiger charge is -2.09. The van der Waals surface area contributed by atoms with E-state index in [1.165, 1.54) is 12.1 Å². The van der Waals surface area contributed by atoms with Crippen molar-refractivity contribution in [2.45, 2.75) is 11.8 Å². The third-order valence-corrected chi connectivity index (χ3v) is 5.47. The lowest BCUT2D eigenvalue weighted by Crippen LogP contribution is -2.14. The molecular formula is C12H11Br2N3O2S. The van der Waals surface area contributed by atoms with Crippen molar-refractivity contribution in [3.63, 3.8) is 0 Å². The topological polar surface area (TPSA) is 85.1 Å². The fourth-order valence-electron chi connectivity index (χ4n) is 1.48. The van der Waals surface area contributed by atoms with Gasteiger partial charge in [-0.2, -0.15) is 0 Å². The molecule has 2 aromatic rings. The number of nitrogens with one attached hydrogen (secondary N) is 1. The summed E-state index contributed by atoms with van der Waals surface area (Å²) in [6.07, 6.45) is 1.54. The van der Waals surface area contributed by atoms with E-state index in [1.807, 2.05) is 6.92 Å². The first kappa shape index (κ1) is 15.3. The highest BCUT2D eigenvalue weighted by Crippen LogP contribution is 2.24. The van der Waals surface area contributed by atoms with E-state index in [1.54, 1.807) is 18.3 Å². The molecule has 0 saturated heterocycles. The van der Waals surface area contributed by atoms with Crippen molar-refractivity contribution in [1.82, 2.24) is 4.98 Å². The molecule has 0 amide bonds. The number of rotatable bonds is 3. The van der Waals surface area contributed by atoms with Gasteiger partial charge < -0.3 is 5.73 Å². The van der Waals surface area contributed by atoms with Crippen molar-refractivity contribution >= 4 is 53.4 Å². The predicted molar refractivity (Wildman–Crippen MR) is 86.0 cm³/mol. The smallest absolute Gasteiger partial charge is 0.263 e. The molecule has 2 rings (SSSR count). The number of halogens is 2. The van der Waals surface area contributed by atoms with Crippen LogP contribution in [-0.2, 0) is 10.0 Å². The molecule has 0 saturated carbocycles. The average Bonchev–Trinajstić information content (AvgIpc) is 2.37. The summed E-state index contributed by atoms with van der Waals surface area (Å²) in [5, 5.41) is 0. The van der Waals surface area contributed by atoms with Crippen LogP contribution in [0.2, 0.25) is 0 Å². The number of anilines is 2. The minimum atomic E-state index is -3.71. The lowest BCUT2D eigenvalue weighted by molar-refractivity contribution is 0.601. The zero-order valence-electron chi connectivity index (χ0n) is 10.4. The predicted octanol–water partition coefficient (Wildman–Crippen LogP) is 3.30. The molecule has 0 unspecified atom stereocenters. The standard InChI is InChI=1S/C12H11Br2N3O2S/c1-7-4-12(16-6-10(7)14)17-20(18,19)8-2-3-9(13)11(15)5-8/h2-6H,15H2,1H3,(H,16,17). The van der Waals surface area contributed by atoms with Gasteiger partial charge in [-0.15, -0.1) is 0 Å². The summed E-state index contributed by atoms with van der Waals surface area (Å²) < 4.78 is 28.3. The van der Waals surface area contributed by atoms with Crippen LogP contribution in [0.4, 0.5) is 11.5 Å². The average molecular weight is 421 g/mol. The fourth-order valence-corrected chi connectivity index (χ4v) is 2.98. The summed E-state index contributed by atoms with van der Waals surface area (Å²) in [6.45, 7) is 1.85. The number of nitrogen functional groups attached to an aromatic ring is 1. The summed E-state index contributed by atoms with van der Waals surface area (Å²) in [7, 11) is -3.71. The van der Waals surface area contributed by atoms with Gasteiger partial charge in [0.2, 0.25) is 0 Å². The maximum Gasteiger partial charge on any atom is 0.263 e. The molecule has 1 aromatic heterocycles. The molecule has 0 bridgehead atoms. The first-order valence-corrected chi connectivity index (χ1v) is 8.56. The monoisotopic (exact) mass is 419 g/mol. The van der Waals surface area contributed by atoms with Crippen molar-refractivity contribution in [1.29, 1.82) is 0 Å². The lowest BCUT2D eigenvalue weighted by atomic mass is 10.3. The normalized spacial score (nSPS) is 11.3. The van der Waals surface area contributed by atoms with Crippen molar-refractivity contribution < 1.29 is 8.42 Å². The van der Waals surface area contributed by atoms with Gasteiger partial charge in [0.1, 0.15) is 5.82 Å². The van der Waals surface area contributed by atoms with Crippen molar-refractivity contribution in [2.75, 3.05) is 10.5 Å². The Morgan fingerprint density at radius 3 is 2.50 bits per heavy atom. The third kappa shape index (κ3) is 3.31. The Labute approximate surface area is 133 Å². The molecule has 0 fully saturated rings. The molecular weight excluding hydrogens is 410 g/mol. The largest absolute Gasteiger partial charge is 0.398 e. The summed E-state index contributed by atoms with van der Waals surface area (Å²) in [6, 6.07) is 6.08. The van der Waals surface area contributed by atoms with Crippen LogP contribution >= 0.6 is 31.9 Å². The minimum Gasteiger partial charge on any atom is -0.398 e. The van der Waals surface area contributed by atoms with Gasteiger partial charge in [-0.3, -0.25) is 4.72 Å². The Balaban J connectivity index is 2.35. The Morgan fingerprint density at radius 2 is 1.90 bits per heavy atom. The van der Waals surface area contributed by atoms with Crippen LogP contribution in [0.3, 0.4) is 0 Å². The second-order valence-electron chi connectivity index (χ2n) is 4.11. The number of benzene rings is 1. The Bertz CT molecular complexity index is 763.